The van der Waals surface area contributed by atoms with Crippen LogP contribution in [0.2, 0.25) is 0 Å². The molecule has 0 aromatic carbocycles. The Balaban J connectivity index is 2.05. The molecule has 0 aliphatic heterocycles. The molecule has 7 nitrogen and oxygen atoms in total. The van der Waals surface area contributed by atoms with Crippen LogP contribution in [0.15, 0.2) is 24.5 Å². The molecule has 0 unspecified atom stereocenters. The lowest BCUT2D eigenvalue weighted by molar-refractivity contribution is 0.191. The van der Waals surface area contributed by atoms with E-state index in [2.05, 4.69) is 10.1 Å². The zero-order chi connectivity index (χ0) is 14.1. The van der Waals surface area contributed by atoms with Crippen molar-refractivity contribution in [1.82, 2.24) is 14.6 Å². The zero-order valence-corrected chi connectivity index (χ0v) is 11.6. The molecule has 0 spiro atoms. The standard InChI is InChI=1S/C11H16N4O3S/c1-11(2,8-19(12,16)17)7-18-10-4-3-9-13-5-6-15(9)14-10/h3-6H,7-8H2,1-2H3,(H2,12,16,17). The number of imidazole rings is 1. The average Bonchev–Trinajstić information content (AvgIpc) is 2.70. The first-order chi connectivity index (χ1) is 8.75. The molecule has 2 aromatic heterocycles. The molecule has 0 amide bonds. The number of rotatable bonds is 5. The Kier molecular flexibility index (Phi) is 3.46. The number of fused-ring (bicyclic) bond motifs is 1. The molecule has 0 aliphatic carbocycles. The fraction of sp³-hybridized carbons (Fsp3) is 0.455. The Morgan fingerprint density at radius 3 is 2.84 bits per heavy atom. The van der Waals surface area contributed by atoms with Crippen LogP contribution in [0.5, 0.6) is 5.88 Å². The topological polar surface area (TPSA) is 99.6 Å². The monoisotopic (exact) mass is 284 g/mol. The molecule has 0 saturated heterocycles. The third-order valence-electron chi connectivity index (χ3n) is 2.43. The second kappa shape index (κ2) is 4.78. The first kappa shape index (κ1) is 13.8. The van der Waals surface area contributed by atoms with E-state index in [0.717, 1.165) is 5.65 Å². The summed E-state index contributed by atoms with van der Waals surface area (Å²) in [5.74, 6) is 0.265. The molecule has 8 heteroatoms. The fourth-order valence-electron chi connectivity index (χ4n) is 1.73. The van der Waals surface area contributed by atoms with Gasteiger partial charge in [0.05, 0.1) is 12.4 Å². The van der Waals surface area contributed by atoms with Gasteiger partial charge in [0, 0.05) is 23.9 Å². The summed E-state index contributed by atoms with van der Waals surface area (Å²) in [5.41, 5.74) is 0.134. The highest BCUT2D eigenvalue weighted by atomic mass is 32.2. The second-order valence-corrected chi connectivity index (χ2v) is 6.78. The van der Waals surface area contributed by atoms with Crippen LogP contribution in [0.1, 0.15) is 13.8 Å². The van der Waals surface area contributed by atoms with Crippen molar-refractivity contribution in [2.24, 2.45) is 10.6 Å². The highest BCUT2D eigenvalue weighted by Crippen LogP contribution is 2.19. The lowest BCUT2D eigenvalue weighted by atomic mass is 9.98. The van der Waals surface area contributed by atoms with Crippen molar-refractivity contribution < 1.29 is 13.2 Å². The number of aromatic nitrogens is 3. The SMILES string of the molecule is CC(C)(COc1ccc2nccn2n1)CS(N)(=O)=O. The summed E-state index contributed by atoms with van der Waals surface area (Å²) in [4.78, 5) is 4.07. The van der Waals surface area contributed by atoms with Gasteiger partial charge in [-0.1, -0.05) is 13.8 Å². The van der Waals surface area contributed by atoms with Crippen LogP contribution in [-0.4, -0.2) is 35.4 Å². The minimum atomic E-state index is -3.53. The summed E-state index contributed by atoms with van der Waals surface area (Å²) < 4.78 is 29.3. The molecule has 104 valence electrons. The average molecular weight is 284 g/mol. The molecule has 0 fully saturated rings. The largest absolute Gasteiger partial charge is 0.476 e. The molecule has 2 heterocycles. The van der Waals surface area contributed by atoms with Gasteiger partial charge in [-0.3, -0.25) is 0 Å². The van der Waals surface area contributed by atoms with Gasteiger partial charge in [-0.25, -0.2) is 23.1 Å². The number of hydrogen-bond acceptors (Lipinski definition) is 5. The first-order valence-electron chi connectivity index (χ1n) is 5.69. The van der Waals surface area contributed by atoms with E-state index in [1.165, 1.54) is 0 Å². The van der Waals surface area contributed by atoms with Crippen molar-refractivity contribution >= 4 is 15.7 Å². The summed E-state index contributed by atoms with van der Waals surface area (Å²) in [6.07, 6.45) is 3.34. The van der Waals surface area contributed by atoms with Crippen LogP contribution in [0.3, 0.4) is 0 Å². The van der Waals surface area contributed by atoms with Gasteiger partial charge in [0.25, 0.3) is 0 Å². The van der Waals surface area contributed by atoms with Crippen molar-refractivity contribution in [3.8, 4) is 5.88 Å². The van der Waals surface area contributed by atoms with E-state index < -0.39 is 15.4 Å². The van der Waals surface area contributed by atoms with Crippen molar-refractivity contribution in [2.75, 3.05) is 12.4 Å². The van der Waals surface area contributed by atoms with E-state index in [9.17, 15) is 8.42 Å². The van der Waals surface area contributed by atoms with Crippen LogP contribution in [0.4, 0.5) is 0 Å². The second-order valence-electron chi connectivity index (χ2n) is 5.16. The summed E-state index contributed by atoms with van der Waals surface area (Å²) >= 11 is 0. The van der Waals surface area contributed by atoms with E-state index in [0.29, 0.717) is 5.88 Å². The number of nitrogens with zero attached hydrogens (tertiary/aromatic N) is 3. The minimum Gasteiger partial charge on any atom is -0.476 e. The third-order valence-corrected chi connectivity index (χ3v) is 3.62. The highest BCUT2D eigenvalue weighted by molar-refractivity contribution is 7.89. The van der Waals surface area contributed by atoms with Gasteiger partial charge < -0.3 is 4.74 Å². The number of hydrogen-bond donors (Lipinski definition) is 1. The van der Waals surface area contributed by atoms with E-state index in [1.54, 1.807) is 42.9 Å². The van der Waals surface area contributed by atoms with E-state index in [-0.39, 0.29) is 12.4 Å². The fourth-order valence-corrected chi connectivity index (χ4v) is 2.90. The van der Waals surface area contributed by atoms with Gasteiger partial charge in [0.2, 0.25) is 15.9 Å². The maximum atomic E-state index is 11.1. The molecule has 2 N–H and O–H groups in total. The predicted octanol–water partition coefficient (Wildman–Crippen LogP) is 0.423. The molecule has 0 radical (unpaired) electrons. The van der Waals surface area contributed by atoms with Crippen molar-refractivity contribution in [2.45, 2.75) is 13.8 Å². The predicted molar refractivity (Wildman–Crippen MR) is 70.2 cm³/mol. The Bertz CT molecular complexity index is 678. The lowest BCUT2D eigenvalue weighted by Gasteiger charge is -2.22. The van der Waals surface area contributed by atoms with Crippen molar-refractivity contribution in [3.05, 3.63) is 24.5 Å². The van der Waals surface area contributed by atoms with E-state index >= 15 is 0 Å². The Morgan fingerprint density at radius 2 is 2.16 bits per heavy atom. The molecule has 2 rings (SSSR count). The highest BCUT2D eigenvalue weighted by Gasteiger charge is 2.25. The molecular weight excluding hydrogens is 268 g/mol. The van der Waals surface area contributed by atoms with Crippen LogP contribution in [-0.2, 0) is 10.0 Å². The van der Waals surface area contributed by atoms with Crippen LogP contribution in [0, 0.1) is 5.41 Å². The maximum Gasteiger partial charge on any atom is 0.231 e. The van der Waals surface area contributed by atoms with Crippen LogP contribution >= 0.6 is 0 Å². The van der Waals surface area contributed by atoms with Crippen LogP contribution < -0.4 is 9.88 Å². The normalized spacial score (nSPS) is 12.8. The van der Waals surface area contributed by atoms with Crippen LogP contribution in [0.25, 0.3) is 5.65 Å². The molecular formula is C11H16N4O3S. The van der Waals surface area contributed by atoms with E-state index in [4.69, 9.17) is 9.88 Å². The summed E-state index contributed by atoms with van der Waals surface area (Å²) in [6, 6.07) is 3.46. The van der Waals surface area contributed by atoms with Gasteiger partial charge >= 0.3 is 0 Å². The number of nitrogens with two attached hydrogens (primary N) is 1. The molecule has 0 atom stereocenters. The van der Waals surface area contributed by atoms with Gasteiger partial charge in [-0.05, 0) is 6.07 Å². The number of ether oxygens (including phenoxy) is 1. The zero-order valence-electron chi connectivity index (χ0n) is 10.8. The molecule has 0 aliphatic rings. The van der Waals surface area contributed by atoms with Gasteiger partial charge in [-0.2, -0.15) is 0 Å². The third kappa shape index (κ3) is 3.90. The minimum absolute atomic E-state index is 0.146. The van der Waals surface area contributed by atoms with Crippen molar-refractivity contribution in [1.29, 1.82) is 0 Å². The first-order valence-corrected chi connectivity index (χ1v) is 7.40. The lowest BCUT2D eigenvalue weighted by Crippen LogP contribution is -2.33. The summed E-state index contributed by atoms with van der Waals surface area (Å²) in [6.45, 7) is 3.75. The molecule has 0 saturated carbocycles. The van der Waals surface area contributed by atoms with Gasteiger partial charge in [0.15, 0.2) is 5.65 Å². The molecule has 19 heavy (non-hydrogen) atoms. The Morgan fingerprint density at radius 1 is 1.42 bits per heavy atom. The summed E-state index contributed by atoms with van der Waals surface area (Å²) in [7, 11) is -3.53. The molecule has 0 bridgehead atoms. The number of primary sulfonamides is 1. The summed E-state index contributed by atoms with van der Waals surface area (Å²) in [5, 5.41) is 9.23. The maximum absolute atomic E-state index is 11.1. The molecule has 2 aromatic rings. The quantitative estimate of drug-likeness (QED) is 0.858. The Labute approximate surface area is 111 Å². The Hall–Kier alpha value is -1.67. The number of sulfonamides is 1. The van der Waals surface area contributed by atoms with Gasteiger partial charge in [0.1, 0.15) is 0 Å². The smallest absolute Gasteiger partial charge is 0.231 e. The van der Waals surface area contributed by atoms with E-state index in [1.807, 2.05) is 0 Å². The van der Waals surface area contributed by atoms with Gasteiger partial charge in [-0.15, -0.1) is 5.10 Å². The van der Waals surface area contributed by atoms with Crippen molar-refractivity contribution in [3.63, 3.8) is 0 Å².